The van der Waals surface area contributed by atoms with E-state index in [0.717, 1.165) is 16.3 Å². The van der Waals surface area contributed by atoms with Crippen LogP contribution in [-0.2, 0) is 0 Å². The van der Waals surface area contributed by atoms with Crippen molar-refractivity contribution in [1.29, 1.82) is 0 Å². The van der Waals surface area contributed by atoms with Gasteiger partial charge in [-0.3, -0.25) is 4.79 Å². The summed E-state index contributed by atoms with van der Waals surface area (Å²) in [6.45, 7) is 0. The number of aromatic nitrogens is 1. The van der Waals surface area contributed by atoms with E-state index in [-0.39, 0.29) is 5.56 Å². The number of carbonyl (C=O) groups is 1. The zero-order chi connectivity index (χ0) is 18.5. The van der Waals surface area contributed by atoms with E-state index < -0.39 is 11.6 Å². The summed E-state index contributed by atoms with van der Waals surface area (Å²) in [5.41, 5.74) is 1.56. The van der Waals surface area contributed by atoms with Crippen LogP contribution < -0.4 is 9.47 Å². The third kappa shape index (κ3) is 3.97. The van der Waals surface area contributed by atoms with Crippen molar-refractivity contribution in [2.75, 3.05) is 14.2 Å². The Balaban J connectivity index is 1.77. The predicted molar refractivity (Wildman–Crippen MR) is 100 cm³/mol. The number of methoxy groups -OCH3 is 2. The zero-order valence-corrected chi connectivity index (χ0v) is 15.0. The van der Waals surface area contributed by atoms with Gasteiger partial charge in [-0.2, -0.15) is 0 Å². The van der Waals surface area contributed by atoms with Gasteiger partial charge < -0.3 is 9.47 Å². The standard InChI is InChI=1S/C20H16FNO3S/c1-24-15-5-3-4-13(10-15)20-22-14(12-26-20)6-9-19(23)17-8-7-16(25-2)11-18(17)21/h3-12H,1-2H3/b9-6+. The minimum atomic E-state index is -0.616. The highest BCUT2D eigenvalue weighted by atomic mass is 32.1. The summed E-state index contributed by atoms with van der Waals surface area (Å²) >= 11 is 1.46. The fraction of sp³-hybridized carbons (Fsp3) is 0.100. The van der Waals surface area contributed by atoms with Gasteiger partial charge in [0.25, 0.3) is 0 Å². The van der Waals surface area contributed by atoms with Crippen molar-refractivity contribution < 1.29 is 18.7 Å². The predicted octanol–water partition coefficient (Wildman–Crippen LogP) is 4.86. The summed E-state index contributed by atoms with van der Waals surface area (Å²) in [5, 5.41) is 2.65. The Kier molecular flexibility index (Phi) is 5.43. The van der Waals surface area contributed by atoms with Gasteiger partial charge in [0.05, 0.1) is 25.5 Å². The summed E-state index contributed by atoms with van der Waals surface area (Å²) in [7, 11) is 3.05. The highest BCUT2D eigenvalue weighted by Crippen LogP contribution is 2.27. The molecule has 0 aliphatic heterocycles. The van der Waals surface area contributed by atoms with Crippen LogP contribution >= 0.6 is 11.3 Å². The van der Waals surface area contributed by atoms with Crippen LogP contribution in [0.5, 0.6) is 11.5 Å². The van der Waals surface area contributed by atoms with Crippen molar-refractivity contribution in [2.45, 2.75) is 0 Å². The number of nitrogens with zero attached hydrogens (tertiary/aromatic N) is 1. The molecule has 0 atom stereocenters. The molecule has 3 rings (SSSR count). The van der Waals surface area contributed by atoms with E-state index in [1.54, 1.807) is 19.3 Å². The lowest BCUT2D eigenvalue weighted by molar-refractivity contribution is 0.104. The van der Waals surface area contributed by atoms with Crippen LogP contribution in [0, 0.1) is 5.82 Å². The third-order valence-corrected chi connectivity index (χ3v) is 4.60. The quantitative estimate of drug-likeness (QED) is 0.460. The highest BCUT2D eigenvalue weighted by Gasteiger charge is 2.10. The SMILES string of the molecule is COc1cccc(-c2nc(/C=C/C(=O)c3ccc(OC)cc3F)cs2)c1. The second-order valence-electron chi connectivity index (χ2n) is 5.35. The average Bonchev–Trinajstić information content (AvgIpc) is 3.15. The molecule has 26 heavy (non-hydrogen) atoms. The van der Waals surface area contributed by atoms with Crippen molar-refractivity contribution in [3.05, 3.63) is 71.0 Å². The molecule has 0 bridgehead atoms. The largest absolute Gasteiger partial charge is 0.497 e. The summed E-state index contributed by atoms with van der Waals surface area (Å²) in [6.07, 6.45) is 2.89. The first kappa shape index (κ1) is 17.8. The smallest absolute Gasteiger partial charge is 0.188 e. The van der Waals surface area contributed by atoms with Crippen LogP contribution in [0.25, 0.3) is 16.6 Å². The Hall–Kier alpha value is -2.99. The summed E-state index contributed by atoms with van der Waals surface area (Å²) < 4.78 is 24.1. The lowest BCUT2D eigenvalue weighted by Gasteiger charge is -2.02. The lowest BCUT2D eigenvalue weighted by atomic mass is 10.1. The number of allylic oxidation sites excluding steroid dienone is 1. The molecular weight excluding hydrogens is 353 g/mol. The van der Waals surface area contributed by atoms with E-state index in [2.05, 4.69) is 4.98 Å². The molecule has 0 radical (unpaired) electrons. The Labute approximate surface area is 154 Å². The molecule has 4 nitrogen and oxygen atoms in total. The van der Waals surface area contributed by atoms with E-state index in [0.29, 0.717) is 11.4 Å². The van der Waals surface area contributed by atoms with Crippen molar-refractivity contribution >= 4 is 23.2 Å². The van der Waals surface area contributed by atoms with Crippen LogP contribution in [0.3, 0.4) is 0 Å². The van der Waals surface area contributed by atoms with Gasteiger partial charge in [-0.05, 0) is 36.4 Å². The van der Waals surface area contributed by atoms with Gasteiger partial charge in [0.1, 0.15) is 22.3 Å². The summed E-state index contributed by atoms with van der Waals surface area (Å²) in [4.78, 5) is 16.7. The van der Waals surface area contributed by atoms with E-state index in [4.69, 9.17) is 9.47 Å². The minimum Gasteiger partial charge on any atom is -0.497 e. The molecule has 0 fully saturated rings. The van der Waals surface area contributed by atoms with Crippen LogP contribution in [0.1, 0.15) is 16.1 Å². The van der Waals surface area contributed by atoms with Gasteiger partial charge in [0.15, 0.2) is 5.78 Å². The number of halogens is 1. The molecule has 0 saturated heterocycles. The van der Waals surface area contributed by atoms with E-state index >= 15 is 0 Å². The number of rotatable bonds is 6. The second kappa shape index (κ2) is 7.93. The first-order valence-corrected chi connectivity index (χ1v) is 8.64. The van der Waals surface area contributed by atoms with Crippen LogP contribution in [-0.4, -0.2) is 25.0 Å². The molecule has 6 heteroatoms. The Morgan fingerprint density at radius 3 is 2.62 bits per heavy atom. The van der Waals surface area contributed by atoms with Gasteiger partial charge in [-0.15, -0.1) is 11.3 Å². The third-order valence-electron chi connectivity index (χ3n) is 3.69. The van der Waals surface area contributed by atoms with Crippen molar-refractivity contribution in [2.24, 2.45) is 0 Å². The van der Waals surface area contributed by atoms with Gasteiger partial charge in [-0.25, -0.2) is 9.37 Å². The number of ether oxygens (including phenoxy) is 2. The van der Waals surface area contributed by atoms with Gasteiger partial charge in [0, 0.05) is 17.0 Å². The maximum Gasteiger partial charge on any atom is 0.188 e. The number of thiazole rings is 1. The maximum absolute atomic E-state index is 14.0. The topological polar surface area (TPSA) is 48.4 Å². The minimum absolute atomic E-state index is 0.00898. The molecule has 1 heterocycles. The Bertz CT molecular complexity index is 965. The number of benzene rings is 2. The highest BCUT2D eigenvalue weighted by molar-refractivity contribution is 7.13. The van der Waals surface area contributed by atoms with E-state index in [1.165, 1.54) is 36.7 Å². The maximum atomic E-state index is 14.0. The number of ketones is 1. The summed E-state index contributed by atoms with van der Waals surface area (Å²) in [6, 6.07) is 11.7. The molecule has 1 aromatic heterocycles. The first-order valence-electron chi connectivity index (χ1n) is 7.76. The van der Waals surface area contributed by atoms with Gasteiger partial charge >= 0.3 is 0 Å². The van der Waals surface area contributed by atoms with Gasteiger partial charge in [-0.1, -0.05) is 12.1 Å². The molecular formula is C20H16FNO3S. The number of hydrogen-bond acceptors (Lipinski definition) is 5. The molecule has 0 unspecified atom stereocenters. The normalized spacial score (nSPS) is 10.9. The molecule has 0 aliphatic rings. The van der Waals surface area contributed by atoms with E-state index in [9.17, 15) is 9.18 Å². The first-order chi connectivity index (χ1) is 12.6. The van der Waals surface area contributed by atoms with Crippen LogP contribution in [0.15, 0.2) is 53.9 Å². The van der Waals surface area contributed by atoms with E-state index in [1.807, 2.05) is 29.6 Å². The monoisotopic (exact) mass is 369 g/mol. The zero-order valence-electron chi connectivity index (χ0n) is 14.2. The van der Waals surface area contributed by atoms with Crippen molar-refractivity contribution in [3.63, 3.8) is 0 Å². The molecule has 0 amide bonds. The lowest BCUT2D eigenvalue weighted by Crippen LogP contribution is -1.99. The fourth-order valence-corrected chi connectivity index (χ4v) is 3.11. The van der Waals surface area contributed by atoms with Crippen molar-refractivity contribution in [1.82, 2.24) is 4.98 Å². The Morgan fingerprint density at radius 1 is 1.12 bits per heavy atom. The average molecular weight is 369 g/mol. The second-order valence-corrected chi connectivity index (χ2v) is 6.21. The molecule has 0 aliphatic carbocycles. The fourth-order valence-electron chi connectivity index (χ4n) is 2.32. The molecule has 3 aromatic rings. The molecule has 132 valence electrons. The number of carbonyl (C=O) groups excluding carboxylic acids is 1. The van der Waals surface area contributed by atoms with Gasteiger partial charge in [0.2, 0.25) is 0 Å². The molecule has 0 saturated carbocycles. The van der Waals surface area contributed by atoms with Crippen LogP contribution in [0.2, 0.25) is 0 Å². The van der Waals surface area contributed by atoms with Crippen molar-refractivity contribution in [3.8, 4) is 22.1 Å². The van der Waals surface area contributed by atoms with Crippen LogP contribution in [0.4, 0.5) is 4.39 Å². The molecule has 2 aromatic carbocycles. The summed E-state index contributed by atoms with van der Waals surface area (Å²) in [5.74, 6) is 0.0702. The molecule has 0 spiro atoms. The Morgan fingerprint density at radius 2 is 1.88 bits per heavy atom. The molecule has 0 N–H and O–H groups in total. The number of hydrogen-bond donors (Lipinski definition) is 0.